The van der Waals surface area contributed by atoms with E-state index < -0.39 is 10.0 Å². The van der Waals surface area contributed by atoms with E-state index in [0.29, 0.717) is 18.3 Å². The molecule has 1 aromatic carbocycles. The molecular weight excluding hydrogens is 354 g/mol. The number of rotatable bonds is 6. The van der Waals surface area contributed by atoms with Crippen molar-refractivity contribution in [2.45, 2.75) is 30.7 Å². The summed E-state index contributed by atoms with van der Waals surface area (Å²) in [7, 11) is -2.44. The lowest BCUT2D eigenvalue weighted by molar-refractivity contribution is 0.0938. The Kier molecular flexibility index (Phi) is 7.47. The van der Waals surface area contributed by atoms with Crippen LogP contribution in [-0.4, -0.2) is 52.0 Å². The molecule has 0 spiro atoms. The largest absolute Gasteiger partial charge is 0.496 e. The number of hydrogen-bond donors (Lipinski definition) is 2. The second kappa shape index (κ2) is 8.66. The molecule has 0 bridgehead atoms. The van der Waals surface area contributed by atoms with Crippen LogP contribution in [0.4, 0.5) is 0 Å². The minimum absolute atomic E-state index is 0. The van der Waals surface area contributed by atoms with Crippen LogP contribution in [0.1, 0.15) is 30.1 Å². The number of halogens is 1. The number of nitrogens with zero attached hydrogens (tertiary/aromatic N) is 1. The molecule has 0 unspecified atom stereocenters. The van der Waals surface area contributed by atoms with Gasteiger partial charge >= 0.3 is 0 Å². The van der Waals surface area contributed by atoms with E-state index in [1.165, 1.54) is 25.3 Å². The quantitative estimate of drug-likeness (QED) is 0.769. The van der Waals surface area contributed by atoms with Gasteiger partial charge in [-0.3, -0.25) is 9.69 Å². The van der Waals surface area contributed by atoms with Crippen LogP contribution in [0, 0.1) is 0 Å². The van der Waals surface area contributed by atoms with E-state index >= 15 is 0 Å². The number of benzene rings is 1. The molecule has 1 fully saturated rings. The van der Waals surface area contributed by atoms with Crippen molar-refractivity contribution in [1.82, 2.24) is 10.2 Å². The molecule has 1 aliphatic rings. The third-order valence-corrected chi connectivity index (χ3v) is 5.06. The number of likely N-dealkylation sites (N-methyl/N-ethyl adjacent to an activating group) is 1. The van der Waals surface area contributed by atoms with Crippen molar-refractivity contribution in [3.63, 3.8) is 0 Å². The molecule has 1 atom stereocenters. The Labute approximate surface area is 149 Å². The summed E-state index contributed by atoms with van der Waals surface area (Å²) in [5, 5.41) is 7.98. The Hall–Kier alpha value is -1.35. The molecule has 1 heterocycles. The summed E-state index contributed by atoms with van der Waals surface area (Å²) in [5.74, 6) is -0.0519. The first-order valence-corrected chi connectivity index (χ1v) is 9.14. The summed E-state index contributed by atoms with van der Waals surface area (Å²) in [5.41, 5.74) is 0.167. The number of methoxy groups -OCH3 is 1. The van der Waals surface area contributed by atoms with Crippen LogP contribution in [-0.2, 0) is 10.0 Å². The molecule has 0 aliphatic carbocycles. The summed E-state index contributed by atoms with van der Waals surface area (Å²) in [6.07, 6.45) is 2.17. The highest BCUT2D eigenvalue weighted by molar-refractivity contribution is 7.89. The predicted octanol–water partition coefficient (Wildman–Crippen LogP) is 0.979. The van der Waals surface area contributed by atoms with Gasteiger partial charge in [-0.25, -0.2) is 13.6 Å². The molecule has 136 valence electrons. The van der Waals surface area contributed by atoms with E-state index in [1.54, 1.807) is 0 Å². The summed E-state index contributed by atoms with van der Waals surface area (Å²) >= 11 is 0. The molecule has 1 saturated heterocycles. The zero-order chi connectivity index (χ0) is 17.0. The fourth-order valence-electron chi connectivity index (χ4n) is 2.89. The molecular formula is C15H24ClN3O4S. The number of primary sulfonamides is 1. The van der Waals surface area contributed by atoms with Gasteiger partial charge in [-0.2, -0.15) is 0 Å². The molecule has 1 aromatic rings. The Morgan fingerprint density at radius 3 is 2.75 bits per heavy atom. The van der Waals surface area contributed by atoms with Gasteiger partial charge in [-0.05, 0) is 44.1 Å². The number of likely N-dealkylation sites (tertiary alicyclic amines) is 1. The molecule has 0 saturated carbocycles. The van der Waals surface area contributed by atoms with Crippen molar-refractivity contribution in [1.29, 1.82) is 0 Å². The van der Waals surface area contributed by atoms with Crippen LogP contribution in [0.15, 0.2) is 23.1 Å². The van der Waals surface area contributed by atoms with Crippen LogP contribution in [0.3, 0.4) is 0 Å². The Balaban J connectivity index is 0.00000288. The number of nitrogens with two attached hydrogens (primary N) is 1. The number of hydrogen-bond acceptors (Lipinski definition) is 5. The minimum Gasteiger partial charge on any atom is -0.496 e. The zero-order valence-electron chi connectivity index (χ0n) is 13.8. The van der Waals surface area contributed by atoms with E-state index in [9.17, 15) is 13.2 Å². The molecule has 9 heteroatoms. The zero-order valence-corrected chi connectivity index (χ0v) is 15.5. The average molecular weight is 378 g/mol. The van der Waals surface area contributed by atoms with E-state index in [0.717, 1.165) is 25.9 Å². The smallest absolute Gasteiger partial charge is 0.255 e. The van der Waals surface area contributed by atoms with Crippen molar-refractivity contribution in [3.05, 3.63) is 23.8 Å². The first-order chi connectivity index (χ1) is 10.9. The van der Waals surface area contributed by atoms with Gasteiger partial charge in [-0.1, -0.05) is 6.92 Å². The van der Waals surface area contributed by atoms with Gasteiger partial charge in [0.2, 0.25) is 10.0 Å². The van der Waals surface area contributed by atoms with Gasteiger partial charge in [0, 0.05) is 12.6 Å². The van der Waals surface area contributed by atoms with E-state index in [2.05, 4.69) is 17.1 Å². The second-order valence-electron chi connectivity index (χ2n) is 5.54. The number of nitrogens with one attached hydrogen (secondary N) is 1. The number of amides is 1. The fourth-order valence-corrected chi connectivity index (χ4v) is 3.43. The highest BCUT2D eigenvalue weighted by Crippen LogP contribution is 2.22. The van der Waals surface area contributed by atoms with E-state index in [-0.39, 0.29) is 28.8 Å². The Morgan fingerprint density at radius 2 is 2.17 bits per heavy atom. The third-order valence-electron chi connectivity index (χ3n) is 4.15. The summed E-state index contributed by atoms with van der Waals surface area (Å²) in [6.45, 7) is 4.61. The highest BCUT2D eigenvalue weighted by Gasteiger charge is 2.24. The first kappa shape index (κ1) is 20.7. The maximum atomic E-state index is 12.4. The molecule has 0 radical (unpaired) electrons. The van der Waals surface area contributed by atoms with Crippen molar-refractivity contribution >= 4 is 28.3 Å². The van der Waals surface area contributed by atoms with Crippen LogP contribution in [0.25, 0.3) is 0 Å². The SMILES string of the molecule is CCN1CCC[C@@H]1CNC(=O)c1cc(S(N)(=O)=O)ccc1OC.Cl. The van der Waals surface area contributed by atoms with Gasteiger partial charge in [0.05, 0.1) is 17.6 Å². The molecule has 0 aromatic heterocycles. The summed E-state index contributed by atoms with van der Waals surface area (Å²) < 4.78 is 28.1. The van der Waals surface area contributed by atoms with Crippen molar-refractivity contribution in [2.24, 2.45) is 5.14 Å². The monoisotopic (exact) mass is 377 g/mol. The number of sulfonamides is 1. The average Bonchev–Trinajstić information content (AvgIpc) is 2.98. The van der Waals surface area contributed by atoms with Crippen LogP contribution < -0.4 is 15.2 Å². The van der Waals surface area contributed by atoms with Gasteiger partial charge in [0.15, 0.2) is 0 Å². The normalized spacial score (nSPS) is 18.0. The molecule has 1 aliphatic heterocycles. The minimum atomic E-state index is -3.87. The molecule has 2 rings (SSSR count). The van der Waals surface area contributed by atoms with Gasteiger partial charge in [0.1, 0.15) is 5.75 Å². The lowest BCUT2D eigenvalue weighted by atomic mass is 10.1. The topological polar surface area (TPSA) is 102 Å². The van der Waals surface area contributed by atoms with Crippen LogP contribution in [0.2, 0.25) is 0 Å². The van der Waals surface area contributed by atoms with Crippen molar-refractivity contribution in [3.8, 4) is 5.75 Å². The molecule has 1 amide bonds. The predicted molar refractivity (Wildman–Crippen MR) is 94.2 cm³/mol. The van der Waals surface area contributed by atoms with E-state index in [1.807, 2.05) is 0 Å². The van der Waals surface area contributed by atoms with Gasteiger partial charge in [-0.15, -0.1) is 12.4 Å². The van der Waals surface area contributed by atoms with Gasteiger partial charge in [0.25, 0.3) is 5.91 Å². The molecule has 24 heavy (non-hydrogen) atoms. The molecule has 7 nitrogen and oxygen atoms in total. The number of ether oxygens (including phenoxy) is 1. The van der Waals surface area contributed by atoms with Gasteiger partial charge < -0.3 is 10.1 Å². The highest BCUT2D eigenvalue weighted by atomic mass is 35.5. The maximum absolute atomic E-state index is 12.4. The lowest BCUT2D eigenvalue weighted by Gasteiger charge is -2.23. The Morgan fingerprint density at radius 1 is 1.46 bits per heavy atom. The first-order valence-electron chi connectivity index (χ1n) is 7.60. The standard InChI is InChI=1S/C15H23N3O4S.ClH/c1-3-18-8-4-5-11(18)10-17-15(19)13-9-12(23(16,20)21)6-7-14(13)22-2;/h6-7,9,11H,3-5,8,10H2,1-2H3,(H,17,19)(H2,16,20,21);1H/t11-;/m1./s1. The number of carbonyl (C=O) groups excluding carboxylic acids is 1. The summed E-state index contributed by atoms with van der Waals surface area (Å²) in [6, 6.07) is 4.32. The van der Waals surface area contributed by atoms with Crippen molar-refractivity contribution in [2.75, 3.05) is 26.7 Å². The van der Waals surface area contributed by atoms with Crippen LogP contribution in [0.5, 0.6) is 5.75 Å². The summed E-state index contributed by atoms with van der Waals surface area (Å²) in [4.78, 5) is 14.6. The lowest BCUT2D eigenvalue weighted by Crippen LogP contribution is -2.40. The van der Waals surface area contributed by atoms with Crippen molar-refractivity contribution < 1.29 is 17.9 Å². The third kappa shape index (κ3) is 4.83. The van der Waals surface area contributed by atoms with Crippen LogP contribution >= 0.6 is 12.4 Å². The molecule has 3 N–H and O–H groups in total. The number of carbonyl (C=O) groups is 1. The Bertz CT molecular complexity index is 681. The van der Waals surface area contributed by atoms with E-state index in [4.69, 9.17) is 9.88 Å². The maximum Gasteiger partial charge on any atom is 0.255 e. The second-order valence-corrected chi connectivity index (χ2v) is 7.10. The fraction of sp³-hybridized carbons (Fsp3) is 0.533.